The highest BCUT2D eigenvalue weighted by molar-refractivity contribution is 5.91. The summed E-state index contributed by atoms with van der Waals surface area (Å²) in [6.07, 6.45) is -5.58. The SMILES string of the molecule is Cc1cc(C(=O)NCC(O)COc2cccc(C(F)(F)F)c2)on1. The Morgan fingerprint density at radius 2 is 2.17 bits per heavy atom. The third-order valence-corrected chi connectivity index (χ3v) is 2.95. The van der Waals surface area contributed by atoms with Crippen molar-refractivity contribution in [1.29, 1.82) is 0 Å². The zero-order valence-corrected chi connectivity index (χ0v) is 12.6. The van der Waals surface area contributed by atoms with Gasteiger partial charge in [-0.25, -0.2) is 0 Å². The number of aromatic nitrogens is 1. The summed E-state index contributed by atoms with van der Waals surface area (Å²) in [5, 5.41) is 15.7. The largest absolute Gasteiger partial charge is 0.491 e. The van der Waals surface area contributed by atoms with Gasteiger partial charge in [0, 0.05) is 12.6 Å². The lowest BCUT2D eigenvalue weighted by molar-refractivity contribution is -0.137. The number of benzene rings is 1. The van der Waals surface area contributed by atoms with Crippen molar-refractivity contribution in [2.24, 2.45) is 0 Å². The van der Waals surface area contributed by atoms with Gasteiger partial charge in [-0.2, -0.15) is 13.2 Å². The van der Waals surface area contributed by atoms with Gasteiger partial charge in [0.05, 0.1) is 11.3 Å². The molecule has 1 aromatic carbocycles. The van der Waals surface area contributed by atoms with Crippen LogP contribution in [-0.2, 0) is 6.18 Å². The number of hydrogen-bond donors (Lipinski definition) is 2. The van der Waals surface area contributed by atoms with E-state index in [0.29, 0.717) is 5.69 Å². The van der Waals surface area contributed by atoms with Crippen LogP contribution in [0.4, 0.5) is 13.2 Å². The van der Waals surface area contributed by atoms with Crippen molar-refractivity contribution in [3.05, 3.63) is 47.3 Å². The first-order chi connectivity index (χ1) is 11.3. The number of carbonyl (C=O) groups is 1. The number of carbonyl (C=O) groups excluding carboxylic acids is 1. The summed E-state index contributed by atoms with van der Waals surface area (Å²) in [6, 6.07) is 5.74. The monoisotopic (exact) mass is 344 g/mol. The molecule has 2 rings (SSSR count). The Labute approximate surface area is 135 Å². The topological polar surface area (TPSA) is 84.6 Å². The summed E-state index contributed by atoms with van der Waals surface area (Å²) in [4.78, 5) is 11.7. The molecule has 0 fully saturated rings. The minimum absolute atomic E-state index is 0.00139. The maximum Gasteiger partial charge on any atom is 0.416 e. The third kappa shape index (κ3) is 4.98. The van der Waals surface area contributed by atoms with Crippen molar-refractivity contribution in [3.63, 3.8) is 0 Å². The van der Waals surface area contributed by atoms with Gasteiger partial charge in [0.15, 0.2) is 0 Å². The van der Waals surface area contributed by atoms with E-state index in [0.717, 1.165) is 12.1 Å². The molecule has 6 nitrogen and oxygen atoms in total. The molecule has 2 aromatic rings. The number of aliphatic hydroxyl groups is 1. The van der Waals surface area contributed by atoms with Gasteiger partial charge >= 0.3 is 6.18 Å². The molecule has 0 spiro atoms. The standard InChI is InChI=1S/C15H15F3N2O4/c1-9-5-13(24-20-9)14(22)19-7-11(21)8-23-12-4-2-3-10(6-12)15(16,17)18/h2-6,11,21H,7-8H2,1H3,(H,19,22). The van der Waals surface area contributed by atoms with Crippen molar-refractivity contribution in [2.75, 3.05) is 13.2 Å². The van der Waals surface area contributed by atoms with Gasteiger partial charge < -0.3 is 19.7 Å². The maximum atomic E-state index is 12.6. The summed E-state index contributed by atoms with van der Waals surface area (Å²) in [5.74, 6) is -0.590. The number of nitrogens with one attached hydrogen (secondary N) is 1. The Hall–Kier alpha value is -2.55. The summed E-state index contributed by atoms with van der Waals surface area (Å²) in [6.45, 7) is 1.21. The van der Waals surface area contributed by atoms with E-state index in [1.807, 2.05) is 0 Å². The third-order valence-electron chi connectivity index (χ3n) is 2.95. The quantitative estimate of drug-likeness (QED) is 0.839. The van der Waals surface area contributed by atoms with E-state index >= 15 is 0 Å². The molecule has 0 saturated carbocycles. The molecule has 1 unspecified atom stereocenters. The van der Waals surface area contributed by atoms with Crippen molar-refractivity contribution in [2.45, 2.75) is 19.2 Å². The normalized spacial score (nSPS) is 12.7. The zero-order chi connectivity index (χ0) is 17.7. The lowest BCUT2D eigenvalue weighted by Crippen LogP contribution is -2.35. The average Bonchev–Trinajstić information content (AvgIpc) is 2.96. The van der Waals surface area contributed by atoms with Crippen LogP contribution in [0.1, 0.15) is 21.8 Å². The minimum atomic E-state index is -4.47. The number of halogens is 3. The smallest absolute Gasteiger partial charge is 0.416 e. The van der Waals surface area contributed by atoms with E-state index in [9.17, 15) is 23.1 Å². The van der Waals surface area contributed by atoms with Gasteiger partial charge in [0.1, 0.15) is 18.5 Å². The van der Waals surface area contributed by atoms with Crippen LogP contribution in [0, 0.1) is 6.92 Å². The average molecular weight is 344 g/mol. The second-order valence-electron chi connectivity index (χ2n) is 5.03. The first-order valence-corrected chi connectivity index (χ1v) is 6.95. The van der Waals surface area contributed by atoms with Gasteiger partial charge in [-0.3, -0.25) is 4.79 Å². The molecule has 9 heteroatoms. The van der Waals surface area contributed by atoms with Gasteiger partial charge in [-0.1, -0.05) is 11.2 Å². The molecule has 1 atom stereocenters. The highest BCUT2D eigenvalue weighted by Gasteiger charge is 2.30. The van der Waals surface area contributed by atoms with E-state index in [2.05, 4.69) is 10.5 Å². The van der Waals surface area contributed by atoms with E-state index in [1.165, 1.54) is 18.2 Å². The first-order valence-electron chi connectivity index (χ1n) is 6.95. The molecule has 130 valence electrons. The van der Waals surface area contributed by atoms with Crippen LogP contribution in [0.3, 0.4) is 0 Å². The molecule has 0 saturated heterocycles. The number of amides is 1. The van der Waals surface area contributed by atoms with Crippen LogP contribution >= 0.6 is 0 Å². The lowest BCUT2D eigenvalue weighted by atomic mass is 10.2. The Morgan fingerprint density at radius 3 is 2.79 bits per heavy atom. The van der Waals surface area contributed by atoms with Crippen molar-refractivity contribution in [3.8, 4) is 5.75 Å². The van der Waals surface area contributed by atoms with Crippen LogP contribution in [0.5, 0.6) is 5.75 Å². The van der Waals surface area contributed by atoms with E-state index in [1.54, 1.807) is 6.92 Å². The van der Waals surface area contributed by atoms with E-state index in [4.69, 9.17) is 9.26 Å². The van der Waals surface area contributed by atoms with Crippen LogP contribution in [-0.4, -0.2) is 35.4 Å². The Balaban J connectivity index is 1.81. The molecule has 1 amide bonds. The van der Waals surface area contributed by atoms with E-state index < -0.39 is 23.8 Å². The van der Waals surface area contributed by atoms with Gasteiger partial charge in [0.25, 0.3) is 5.91 Å². The Bertz CT molecular complexity index is 700. The van der Waals surface area contributed by atoms with E-state index in [-0.39, 0.29) is 24.7 Å². The minimum Gasteiger partial charge on any atom is -0.491 e. The second-order valence-corrected chi connectivity index (χ2v) is 5.03. The van der Waals surface area contributed by atoms with Crippen molar-refractivity contribution >= 4 is 5.91 Å². The number of rotatable bonds is 6. The van der Waals surface area contributed by atoms with Crippen LogP contribution in [0.2, 0.25) is 0 Å². The van der Waals surface area contributed by atoms with Crippen LogP contribution in [0.25, 0.3) is 0 Å². The molecule has 1 aromatic heterocycles. The molecule has 1 heterocycles. The number of aryl methyl sites for hydroxylation is 1. The fourth-order valence-corrected chi connectivity index (χ4v) is 1.78. The predicted molar refractivity (Wildman–Crippen MR) is 76.5 cm³/mol. The summed E-state index contributed by atoms with van der Waals surface area (Å²) in [5.41, 5.74) is -0.308. The Morgan fingerprint density at radius 1 is 1.42 bits per heavy atom. The fraction of sp³-hybridized carbons (Fsp3) is 0.333. The molecule has 0 aliphatic rings. The number of aliphatic hydroxyl groups excluding tert-OH is 1. The number of hydrogen-bond acceptors (Lipinski definition) is 5. The molecule has 0 aliphatic carbocycles. The van der Waals surface area contributed by atoms with Crippen molar-refractivity contribution < 1.29 is 32.3 Å². The second kappa shape index (κ2) is 7.35. The predicted octanol–water partition coefficient (Wildman–Crippen LogP) is 2.17. The maximum absolute atomic E-state index is 12.6. The summed E-state index contributed by atoms with van der Waals surface area (Å²) < 4.78 is 47.6. The van der Waals surface area contributed by atoms with Crippen LogP contribution in [0.15, 0.2) is 34.9 Å². The highest BCUT2D eigenvalue weighted by Crippen LogP contribution is 2.31. The van der Waals surface area contributed by atoms with Crippen LogP contribution < -0.4 is 10.1 Å². The molecule has 0 bridgehead atoms. The van der Waals surface area contributed by atoms with Crippen molar-refractivity contribution in [1.82, 2.24) is 10.5 Å². The molecule has 0 aliphatic heterocycles. The fourth-order valence-electron chi connectivity index (χ4n) is 1.78. The van der Waals surface area contributed by atoms with Gasteiger partial charge in [-0.15, -0.1) is 0 Å². The van der Waals surface area contributed by atoms with Gasteiger partial charge in [0.2, 0.25) is 5.76 Å². The molecule has 2 N–H and O–H groups in total. The van der Waals surface area contributed by atoms with Gasteiger partial charge in [-0.05, 0) is 25.1 Å². The number of nitrogens with zero attached hydrogens (tertiary/aromatic N) is 1. The highest BCUT2D eigenvalue weighted by atomic mass is 19.4. The summed E-state index contributed by atoms with van der Waals surface area (Å²) in [7, 11) is 0. The zero-order valence-electron chi connectivity index (χ0n) is 12.6. The molecule has 0 radical (unpaired) electrons. The summed E-state index contributed by atoms with van der Waals surface area (Å²) >= 11 is 0. The lowest BCUT2D eigenvalue weighted by Gasteiger charge is -2.14. The Kier molecular flexibility index (Phi) is 5.45. The molecular weight excluding hydrogens is 329 g/mol. The number of ether oxygens (including phenoxy) is 1. The number of alkyl halides is 3. The molecule has 24 heavy (non-hydrogen) atoms. The first kappa shape index (κ1) is 17.8. The molecular formula is C15H15F3N2O4.